The van der Waals surface area contributed by atoms with Gasteiger partial charge in [-0.15, -0.1) is 0 Å². The van der Waals surface area contributed by atoms with Crippen molar-refractivity contribution in [2.24, 2.45) is 0 Å². The van der Waals surface area contributed by atoms with E-state index in [1.54, 1.807) is 10.6 Å². The van der Waals surface area contributed by atoms with Crippen LogP contribution in [0.4, 0.5) is 0 Å². The molecule has 0 N–H and O–H groups in total. The zero-order valence-electron chi connectivity index (χ0n) is 8.53. The first-order valence-electron chi connectivity index (χ1n) is 5.35. The van der Waals surface area contributed by atoms with Crippen molar-refractivity contribution in [2.75, 3.05) is 0 Å². The molecule has 0 nitrogen and oxygen atoms in total. The van der Waals surface area contributed by atoms with Gasteiger partial charge in [0.1, 0.15) is 0 Å². The zero-order valence-corrected chi connectivity index (χ0v) is 9.68. The lowest BCUT2D eigenvalue weighted by molar-refractivity contribution is 0.837. The van der Waals surface area contributed by atoms with Crippen molar-refractivity contribution in [1.29, 1.82) is 0 Å². The van der Waals surface area contributed by atoms with Crippen molar-refractivity contribution in [2.45, 2.75) is 62.3 Å². The highest BCUT2D eigenvalue weighted by molar-refractivity contribution is 6.58. The topological polar surface area (TPSA) is 0 Å². The van der Waals surface area contributed by atoms with Crippen molar-refractivity contribution < 1.29 is 0 Å². The summed E-state index contributed by atoms with van der Waals surface area (Å²) in [6.45, 7) is 7.00. The molecule has 0 atom stereocenters. The maximum absolute atomic E-state index is 2.39. The third-order valence-electron chi connectivity index (χ3n) is 2.51. The Kier molecular flexibility index (Phi) is 9.05. The van der Waals surface area contributed by atoms with Gasteiger partial charge in [0.15, 0.2) is 0 Å². The third kappa shape index (κ3) is 6.91. The molecule has 0 aliphatic heterocycles. The van der Waals surface area contributed by atoms with Crippen LogP contribution in [0.2, 0.25) is 15.8 Å². The maximum atomic E-state index is 2.39. The minimum Gasteiger partial charge on any atom is -0.0967 e. The van der Waals surface area contributed by atoms with Gasteiger partial charge in [-0.25, -0.2) is 0 Å². The summed E-state index contributed by atoms with van der Waals surface area (Å²) in [5.74, 6) is 0. The average molecular weight is 170 g/mol. The lowest BCUT2D eigenvalue weighted by atomic mass is 10.4. The summed E-state index contributed by atoms with van der Waals surface area (Å²) in [6.07, 6.45) is 5.79. The minimum atomic E-state index is -0.248. The highest BCUT2D eigenvalue weighted by Crippen LogP contribution is 2.12. The standard InChI is InChI=1S/2C4H9.C2H5.Al/c2*1-3-4-2;1-2;/h2*1,3-4H2,2H3;1H2,2H3;. The average Bonchev–Trinajstić information content (AvgIpc) is 2.05. The molecule has 1 heteroatoms. The van der Waals surface area contributed by atoms with E-state index in [0.29, 0.717) is 0 Å². The fourth-order valence-electron chi connectivity index (χ4n) is 1.54. The van der Waals surface area contributed by atoms with Crippen LogP contribution in [0.15, 0.2) is 0 Å². The van der Waals surface area contributed by atoms with E-state index in [9.17, 15) is 0 Å². The molecule has 66 valence electrons. The van der Waals surface area contributed by atoms with Crippen LogP contribution >= 0.6 is 0 Å². The smallest absolute Gasteiger partial charge is 0.0967 e. The van der Waals surface area contributed by atoms with Gasteiger partial charge in [0, 0.05) is 0 Å². The van der Waals surface area contributed by atoms with Crippen LogP contribution in [0.3, 0.4) is 0 Å². The molecule has 0 aliphatic rings. The molecule has 0 bridgehead atoms. The van der Waals surface area contributed by atoms with Gasteiger partial charge in [-0.1, -0.05) is 62.3 Å². The number of hydrogen-bond donors (Lipinski definition) is 0. The van der Waals surface area contributed by atoms with E-state index in [-0.39, 0.29) is 14.1 Å². The maximum Gasteiger partial charge on any atom is 0.261 e. The van der Waals surface area contributed by atoms with Crippen LogP contribution in [-0.2, 0) is 0 Å². The molecule has 0 unspecified atom stereocenters. The highest BCUT2D eigenvalue weighted by Gasteiger charge is 2.11. The molecule has 0 amide bonds. The Bertz CT molecular complexity index is 63.3. The Morgan fingerprint density at radius 2 is 1.27 bits per heavy atom. The van der Waals surface area contributed by atoms with Crippen molar-refractivity contribution in [1.82, 2.24) is 0 Å². The summed E-state index contributed by atoms with van der Waals surface area (Å²) in [5, 5.41) is 4.74. The third-order valence-corrected chi connectivity index (χ3v) is 6.11. The van der Waals surface area contributed by atoms with Gasteiger partial charge in [-0.05, 0) is 0 Å². The van der Waals surface area contributed by atoms with Crippen molar-refractivity contribution >= 4 is 14.1 Å². The first-order valence-corrected chi connectivity index (χ1v) is 7.80. The van der Waals surface area contributed by atoms with Crippen LogP contribution < -0.4 is 0 Å². The summed E-state index contributed by atoms with van der Waals surface area (Å²) >= 11 is -0.248. The molecule has 0 aromatic rings. The normalized spacial score (nSPS) is 10.1. The molecule has 0 aromatic carbocycles. The molecule has 0 saturated heterocycles. The van der Waals surface area contributed by atoms with Gasteiger partial charge in [-0.2, -0.15) is 0 Å². The van der Waals surface area contributed by atoms with E-state index < -0.39 is 0 Å². The summed E-state index contributed by atoms with van der Waals surface area (Å²) in [4.78, 5) is 0. The molecule has 0 aliphatic carbocycles. The van der Waals surface area contributed by atoms with Crippen LogP contribution in [0, 0.1) is 0 Å². The Morgan fingerprint density at radius 3 is 1.55 bits per heavy atom. The molecular weight excluding hydrogens is 147 g/mol. The lowest BCUT2D eigenvalue weighted by Gasteiger charge is -2.06. The first kappa shape index (κ1) is 11.5. The van der Waals surface area contributed by atoms with Gasteiger partial charge in [-0.3, -0.25) is 0 Å². The highest BCUT2D eigenvalue weighted by atomic mass is 27.2. The van der Waals surface area contributed by atoms with Crippen molar-refractivity contribution in [3.63, 3.8) is 0 Å². The Hall–Kier alpha value is 0.532. The van der Waals surface area contributed by atoms with E-state index in [1.807, 2.05) is 0 Å². The molecule has 0 radical (unpaired) electrons. The Morgan fingerprint density at radius 1 is 0.818 bits per heavy atom. The van der Waals surface area contributed by atoms with Crippen molar-refractivity contribution in [3.05, 3.63) is 0 Å². The second kappa shape index (κ2) is 8.63. The number of hydrogen-bond acceptors (Lipinski definition) is 0. The van der Waals surface area contributed by atoms with Gasteiger partial charge in [0.2, 0.25) is 0 Å². The zero-order chi connectivity index (χ0) is 8.53. The molecule has 11 heavy (non-hydrogen) atoms. The van der Waals surface area contributed by atoms with Gasteiger partial charge < -0.3 is 0 Å². The largest absolute Gasteiger partial charge is 0.261 e. The summed E-state index contributed by atoms with van der Waals surface area (Å²) in [7, 11) is 0. The summed E-state index contributed by atoms with van der Waals surface area (Å²) < 4.78 is 0. The van der Waals surface area contributed by atoms with E-state index in [4.69, 9.17) is 0 Å². The molecular formula is C10H23Al. The van der Waals surface area contributed by atoms with Crippen molar-refractivity contribution in [3.8, 4) is 0 Å². The SMILES string of the molecule is CCC[CH2][Al]([CH2]C)[CH2]CCC. The second-order valence-electron chi connectivity index (χ2n) is 3.56. The van der Waals surface area contributed by atoms with E-state index in [2.05, 4.69) is 20.8 Å². The van der Waals surface area contributed by atoms with Gasteiger partial charge in [0.05, 0.1) is 0 Å². The molecule has 0 fully saturated rings. The van der Waals surface area contributed by atoms with Crippen LogP contribution in [-0.4, -0.2) is 14.1 Å². The quantitative estimate of drug-likeness (QED) is 0.504. The van der Waals surface area contributed by atoms with Crippen LogP contribution in [0.1, 0.15) is 46.5 Å². The summed E-state index contributed by atoms with van der Waals surface area (Å²) in [5.41, 5.74) is 0. The fourth-order valence-corrected chi connectivity index (χ4v) is 4.61. The van der Waals surface area contributed by atoms with Crippen LogP contribution in [0.5, 0.6) is 0 Å². The van der Waals surface area contributed by atoms with E-state index >= 15 is 0 Å². The second-order valence-corrected chi connectivity index (χ2v) is 7.26. The first-order chi connectivity index (χ1) is 5.35. The Labute approximate surface area is 76.8 Å². The predicted molar refractivity (Wildman–Crippen MR) is 55.7 cm³/mol. The van der Waals surface area contributed by atoms with E-state index in [0.717, 1.165) is 0 Å². The fraction of sp³-hybridized carbons (Fsp3) is 1.00. The van der Waals surface area contributed by atoms with Crippen LogP contribution in [0.25, 0.3) is 0 Å². The molecule has 0 spiro atoms. The molecule has 0 heterocycles. The monoisotopic (exact) mass is 170 g/mol. The van der Waals surface area contributed by atoms with Gasteiger partial charge >= 0.3 is 0 Å². The number of rotatable bonds is 7. The Balaban J connectivity index is 3.25. The summed E-state index contributed by atoms with van der Waals surface area (Å²) in [6, 6.07) is 0. The molecule has 0 rings (SSSR count). The van der Waals surface area contributed by atoms with Gasteiger partial charge in [0.25, 0.3) is 14.1 Å². The molecule has 0 aromatic heterocycles. The number of unbranched alkanes of at least 4 members (excludes halogenated alkanes) is 2. The minimum absolute atomic E-state index is 0.248. The molecule has 0 saturated carbocycles. The van der Waals surface area contributed by atoms with E-state index in [1.165, 1.54) is 31.0 Å². The lowest BCUT2D eigenvalue weighted by Crippen LogP contribution is -2.09. The predicted octanol–water partition coefficient (Wildman–Crippen LogP) is 4.10.